The van der Waals surface area contributed by atoms with Crippen molar-refractivity contribution in [1.82, 2.24) is 10.2 Å². The lowest BCUT2D eigenvalue weighted by Crippen LogP contribution is -2.60. The van der Waals surface area contributed by atoms with Gasteiger partial charge in [-0.25, -0.2) is 4.79 Å². The number of nitrogens with zero attached hydrogens (tertiary/aromatic N) is 1. The number of benzene rings is 4. The van der Waals surface area contributed by atoms with Crippen LogP contribution in [0, 0.1) is 5.92 Å². The second-order valence-corrected chi connectivity index (χ2v) is 12.3. The summed E-state index contributed by atoms with van der Waals surface area (Å²) >= 11 is 0. The highest BCUT2D eigenvalue weighted by Crippen LogP contribution is 2.44. The molecule has 4 aromatic rings. The van der Waals surface area contributed by atoms with Gasteiger partial charge in [-0.3, -0.25) is 10.2 Å². The van der Waals surface area contributed by atoms with E-state index in [1.807, 2.05) is 12.1 Å². The van der Waals surface area contributed by atoms with E-state index in [1.54, 1.807) is 0 Å². The molecule has 44 heavy (non-hydrogen) atoms. The zero-order valence-corrected chi connectivity index (χ0v) is 25.1. The van der Waals surface area contributed by atoms with E-state index in [1.165, 1.54) is 33.4 Å². The minimum Gasteiger partial charge on any atom is -0.448 e. The molecule has 2 aliphatic rings. The summed E-state index contributed by atoms with van der Waals surface area (Å²) in [5.74, 6) is 0.0232. The Morgan fingerprint density at radius 1 is 0.727 bits per heavy atom. The summed E-state index contributed by atoms with van der Waals surface area (Å²) in [7, 11) is -1.31. The lowest BCUT2D eigenvalue weighted by molar-refractivity contribution is -0.147. The second kappa shape index (κ2) is 13.9. The first-order valence-corrected chi connectivity index (χ1v) is 15.8. The molecular formula is C37H41BN2O4. The molecule has 2 fully saturated rings. The van der Waals surface area contributed by atoms with E-state index in [-0.39, 0.29) is 18.6 Å². The van der Waals surface area contributed by atoms with Crippen molar-refractivity contribution >= 4 is 13.1 Å². The molecule has 0 aromatic heterocycles. The highest BCUT2D eigenvalue weighted by molar-refractivity contribution is 6.40. The number of nitrogens with one attached hydrogen (secondary N) is 1. The number of unbranched alkanes of at least 4 members (excludes halogenated alkanes) is 1. The van der Waals surface area contributed by atoms with E-state index in [9.17, 15) is 14.8 Å². The van der Waals surface area contributed by atoms with Crippen molar-refractivity contribution in [3.63, 3.8) is 0 Å². The van der Waals surface area contributed by atoms with E-state index >= 15 is 0 Å². The Morgan fingerprint density at radius 2 is 1.23 bits per heavy atom. The molecule has 7 heteroatoms. The van der Waals surface area contributed by atoms with Crippen molar-refractivity contribution in [3.05, 3.63) is 120 Å². The van der Waals surface area contributed by atoms with Gasteiger partial charge in [0.25, 0.3) is 0 Å². The number of rotatable bonds is 13. The Balaban J connectivity index is 1.17. The topological polar surface area (TPSA) is 82.0 Å². The summed E-state index contributed by atoms with van der Waals surface area (Å²) in [6.45, 7) is 1.90. The van der Waals surface area contributed by atoms with Crippen molar-refractivity contribution in [2.45, 2.75) is 63.1 Å². The third-order valence-corrected chi connectivity index (χ3v) is 9.46. The first-order chi connectivity index (χ1) is 21.5. The molecule has 226 valence electrons. The fourth-order valence-corrected chi connectivity index (χ4v) is 6.81. The molecule has 3 N–H and O–H groups in total. The van der Waals surface area contributed by atoms with Gasteiger partial charge in [-0.2, -0.15) is 0 Å². The number of carbonyl (C=O) groups excluding carboxylic acids is 1. The van der Waals surface area contributed by atoms with Crippen LogP contribution in [0.2, 0.25) is 6.32 Å². The summed E-state index contributed by atoms with van der Waals surface area (Å²) in [5, 5.41) is 21.9. The minimum absolute atomic E-state index is 0.162. The molecule has 0 bridgehead atoms. The standard InChI is InChI=1S/C37H41BN2O4/c41-36-37(39-27-44-36,21-7-8-22-38(42)43)34-23-35(24-34)40(25-28-13-17-32(18-14-28)30-9-3-1-4-10-30)26-29-15-19-33(20-16-29)31-11-5-2-6-12-31/h1-6,9-20,34-35,39,42-43H,7-8,21-27H2/t34?,35?,37-/m0/s1. The molecular weight excluding hydrogens is 547 g/mol. The van der Waals surface area contributed by atoms with Gasteiger partial charge in [-0.15, -0.1) is 0 Å². The fraction of sp³-hybridized carbons (Fsp3) is 0.324. The second-order valence-electron chi connectivity index (χ2n) is 12.3. The van der Waals surface area contributed by atoms with E-state index in [0.29, 0.717) is 25.2 Å². The number of cyclic esters (lactones) is 1. The minimum atomic E-state index is -1.31. The van der Waals surface area contributed by atoms with Crippen molar-refractivity contribution in [2.75, 3.05) is 6.73 Å². The molecule has 6 rings (SSSR count). The average molecular weight is 589 g/mol. The maximum Gasteiger partial charge on any atom is 0.451 e. The molecule has 0 radical (unpaired) electrons. The van der Waals surface area contributed by atoms with Crippen molar-refractivity contribution < 1.29 is 19.6 Å². The molecule has 4 aromatic carbocycles. The lowest BCUT2D eigenvalue weighted by atomic mass is 9.65. The average Bonchev–Trinajstić information content (AvgIpc) is 3.40. The first-order valence-electron chi connectivity index (χ1n) is 15.8. The Kier molecular flexibility index (Phi) is 9.58. The monoisotopic (exact) mass is 588 g/mol. The van der Waals surface area contributed by atoms with Crippen LogP contribution in [0.5, 0.6) is 0 Å². The van der Waals surface area contributed by atoms with Crippen LogP contribution < -0.4 is 5.32 Å². The van der Waals surface area contributed by atoms with Gasteiger partial charge in [0.15, 0.2) is 0 Å². The molecule has 6 nitrogen and oxygen atoms in total. The van der Waals surface area contributed by atoms with Gasteiger partial charge in [-0.1, -0.05) is 122 Å². The molecule has 0 amide bonds. The zero-order chi connectivity index (χ0) is 30.4. The zero-order valence-electron chi connectivity index (χ0n) is 25.1. The van der Waals surface area contributed by atoms with Crippen LogP contribution in [0.4, 0.5) is 0 Å². The largest absolute Gasteiger partial charge is 0.451 e. The number of hydrogen-bond acceptors (Lipinski definition) is 6. The Hall–Kier alpha value is -3.75. The van der Waals surface area contributed by atoms with Gasteiger partial charge >= 0.3 is 13.1 Å². The van der Waals surface area contributed by atoms with Crippen LogP contribution >= 0.6 is 0 Å². The molecule has 1 atom stereocenters. The lowest BCUT2D eigenvalue weighted by Gasteiger charge is -2.49. The molecule has 1 saturated heterocycles. The van der Waals surface area contributed by atoms with Crippen molar-refractivity contribution in [2.24, 2.45) is 5.92 Å². The predicted octanol–water partition coefficient (Wildman–Crippen LogP) is 6.29. The summed E-state index contributed by atoms with van der Waals surface area (Å²) in [6.07, 6.45) is 4.20. The number of esters is 1. The number of ether oxygens (including phenoxy) is 1. The third-order valence-electron chi connectivity index (χ3n) is 9.46. The highest BCUT2D eigenvalue weighted by Gasteiger charge is 2.55. The quantitative estimate of drug-likeness (QED) is 0.0969. The van der Waals surface area contributed by atoms with Crippen LogP contribution in [-0.4, -0.2) is 46.3 Å². The normalized spacial score (nSPS) is 21.2. The molecule has 0 unspecified atom stereocenters. The van der Waals surface area contributed by atoms with Crippen LogP contribution in [-0.2, 0) is 22.6 Å². The number of hydrogen-bond donors (Lipinski definition) is 3. The van der Waals surface area contributed by atoms with Crippen molar-refractivity contribution in [3.8, 4) is 22.3 Å². The molecule has 1 aliphatic carbocycles. The third kappa shape index (κ3) is 6.97. The van der Waals surface area contributed by atoms with Gasteiger partial charge in [0, 0.05) is 19.1 Å². The van der Waals surface area contributed by atoms with E-state index in [4.69, 9.17) is 4.74 Å². The summed E-state index contributed by atoms with van der Waals surface area (Å²) in [5.41, 5.74) is 6.70. The number of carbonyl (C=O) groups is 1. The maximum atomic E-state index is 13.0. The Labute approximate surface area is 260 Å². The maximum absolute atomic E-state index is 13.0. The summed E-state index contributed by atoms with van der Waals surface area (Å²) < 4.78 is 5.42. The van der Waals surface area contributed by atoms with Gasteiger partial charge in [0.2, 0.25) is 0 Å². The Bertz CT molecular complexity index is 1410. The molecule has 1 saturated carbocycles. The smallest absolute Gasteiger partial charge is 0.448 e. The molecule has 1 heterocycles. The van der Waals surface area contributed by atoms with Gasteiger partial charge < -0.3 is 14.8 Å². The SMILES string of the molecule is O=C1OCN[C@@]1(CCCCB(O)O)C1CC(N(Cc2ccc(-c3ccccc3)cc2)Cc2ccc(-c3ccccc3)cc2)C1. The first kappa shape index (κ1) is 30.3. The van der Waals surface area contributed by atoms with Crippen LogP contribution in [0.1, 0.15) is 43.2 Å². The molecule has 0 spiro atoms. The van der Waals surface area contributed by atoms with Crippen LogP contribution in [0.3, 0.4) is 0 Å². The predicted molar refractivity (Wildman–Crippen MR) is 175 cm³/mol. The highest BCUT2D eigenvalue weighted by atomic mass is 16.6. The van der Waals surface area contributed by atoms with E-state index < -0.39 is 12.7 Å². The van der Waals surface area contributed by atoms with Crippen molar-refractivity contribution in [1.29, 1.82) is 0 Å². The molecule has 1 aliphatic heterocycles. The van der Waals surface area contributed by atoms with E-state index in [2.05, 4.69) is 107 Å². The van der Waals surface area contributed by atoms with Gasteiger partial charge in [0.1, 0.15) is 12.3 Å². The Morgan fingerprint density at radius 3 is 1.68 bits per heavy atom. The van der Waals surface area contributed by atoms with E-state index in [0.717, 1.165) is 32.4 Å². The van der Waals surface area contributed by atoms with Crippen LogP contribution in [0.15, 0.2) is 109 Å². The van der Waals surface area contributed by atoms with Gasteiger partial charge in [0.05, 0.1) is 0 Å². The van der Waals surface area contributed by atoms with Gasteiger partial charge in [-0.05, 0) is 64.9 Å². The fourth-order valence-electron chi connectivity index (χ4n) is 6.81. The van der Waals surface area contributed by atoms with Crippen LogP contribution in [0.25, 0.3) is 22.3 Å². The summed E-state index contributed by atoms with van der Waals surface area (Å²) in [6, 6.07) is 39.0. The summed E-state index contributed by atoms with van der Waals surface area (Å²) in [4.78, 5) is 15.6.